The number of halogens is 4. The zero-order valence-corrected chi connectivity index (χ0v) is 15.0. The van der Waals surface area contributed by atoms with Crippen molar-refractivity contribution in [3.05, 3.63) is 42.2 Å². The first-order chi connectivity index (χ1) is 8.58. The first-order valence-electron chi connectivity index (χ1n) is 4.89. The van der Waals surface area contributed by atoms with E-state index in [1.165, 1.54) is 0 Å². The highest BCUT2D eigenvalue weighted by molar-refractivity contribution is 9.13. The Balaban J connectivity index is 2.18. The lowest BCUT2D eigenvalue weighted by Gasteiger charge is -2.23. The summed E-state index contributed by atoms with van der Waals surface area (Å²) in [6.07, 6.45) is 0. The molecule has 0 unspecified atom stereocenters. The van der Waals surface area contributed by atoms with E-state index in [1.807, 2.05) is 24.3 Å². The fourth-order valence-electron chi connectivity index (χ4n) is 1.60. The summed E-state index contributed by atoms with van der Waals surface area (Å²) < 4.78 is 15.3. The minimum Gasteiger partial charge on any atom is -0.448 e. The Morgan fingerprint density at radius 3 is 1.39 bits per heavy atom. The van der Waals surface area contributed by atoms with Gasteiger partial charge < -0.3 is 9.47 Å². The number of fused-ring (bicyclic) bond motifs is 2. The number of rotatable bonds is 0. The summed E-state index contributed by atoms with van der Waals surface area (Å²) in [5.41, 5.74) is 0. The molecule has 0 aromatic heterocycles. The molecule has 2 aromatic rings. The number of ether oxygens (including phenoxy) is 2. The molecule has 0 spiro atoms. The van der Waals surface area contributed by atoms with Crippen molar-refractivity contribution in [1.29, 1.82) is 0 Å². The summed E-state index contributed by atoms with van der Waals surface area (Å²) in [6.45, 7) is 0. The van der Waals surface area contributed by atoms with Crippen LogP contribution < -0.4 is 9.47 Å². The average Bonchev–Trinajstić information content (AvgIpc) is 2.38. The zero-order valence-electron chi connectivity index (χ0n) is 8.64. The Morgan fingerprint density at radius 2 is 1.00 bits per heavy atom. The van der Waals surface area contributed by atoms with Crippen molar-refractivity contribution in [3.8, 4) is 23.0 Å². The van der Waals surface area contributed by atoms with E-state index >= 15 is 0 Å². The highest BCUT2D eigenvalue weighted by Gasteiger charge is 2.25. The monoisotopic (exact) mass is 496 g/mol. The molecule has 6 heteroatoms. The molecule has 2 nitrogen and oxygen atoms in total. The fourth-order valence-corrected chi connectivity index (χ4v) is 3.04. The number of hydrogen-bond acceptors (Lipinski definition) is 2. The number of benzene rings is 2. The molecule has 0 atom stereocenters. The molecule has 2 aromatic carbocycles. The summed E-state index contributed by atoms with van der Waals surface area (Å²) >= 11 is 13.8. The van der Waals surface area contributed by atoms with Crippen molar-refractivity contribution in [3.63, 3.8) is 0 Å². The van der Waals surface area contributed by atoms with Gasteiger partial charge in [0.2, 0.25) is 0 Å². The quantitative estimate of drug-likeness (QED) is 0.345. The molecular weight excluding hydrogens is 496 g/mol. The van der Waals surface area contributed by atoms with Crippen LogP contribution in [0.1, 0.15) is 0 Å². The van der Waals surface area contributed by atoms with E-state index in [2.05, 4.69) is 63.7 Å². The maximum absolute atomic E-state index is 5.87. The van der Waals surface area contributed by atoms with Gasteiger partial charge in [-0.15, -0.1) is 0 Å². The number of hydrogen-bond donors (Lipinski definition) is 0. The van der Waals surface area contributed by atoms with Crippen LogP contribution in [-0.2, 0) is 0 Å². The summed E-state index contributed by atoms with van der Waals surface area (Å²) in [7, 11) is 0. The second kappa shape index (κ2) is 4.81. The van der Waals surface area contributed by atoms with Gasteiger partial charge in [0.1, 0.15) is 0 Å². The van der Waals surface area contributed by atoms with Crippen molar-refractivity contribution in [2.24, 2.45) is 0 Å². The second-order valence-corrected chi connectivity index (χ2v) is 6.88. The van der Waals surface area contributed by atoms with Crippen molar-refractivity contribution < 1.29 is 9.47 Å². The minimum atomic E-state index is 0.672. The van der Waals surface area contributed by atoms with Crippen LogP contribution in [-0.4, -0.2) is 0 Å². The third kappa shape index (κ3) is 2.03. The van der Waals surface area contributed by atoms with E-state index in [1.54, 1.807) is 0 Å². The third-order valence-corrected chi connectivity index (χ3v) is 6.41. The minimum absolute atomic E-state index is 0.672. The standard InChI is InChI=1S/C12H4Br4O2/c13-5-1-3-7-11(9(5)15)18-8-4-2-6(14)10(16)12(8)17-7/h1-4H. The molecule has 18 heavy (non-hydrogen) atoms. The Labute approximate surface area is 137 Å². The molecule has 0 bridgehead atoms. The van der Waals surface area contributed by atoms with Gasteiger partial charge in [0.15, 0.2) is 23.0 Å². The molecule has 0 saturated carbocycles. The normalized spacial score (nSPS) is 12.2. The topological polar surface area (TPSA) is 18.5 Å². The molecule has 3 rings (SSSR count). The van der Waals surface area contributed by atoms with Crippen LogP contribution in [0, 0.1) is 0 Å². The van der Waals surface area contributed by atoms with Crippen LogP contribution in [0.5, 0.6) is 23.0 Å². The molecular formula is C12H4Br4O2. The molecule has 1 aliphatic rings. The lowest BCUT2D eigenvalue weighted by molar-refractivity contribution is 0.355. The van der Waals surface area contributed by atoms with Crippen LogP contribution in [0.4, 0.5) is 0 Å². The maximum atomic E-state index is 5.87. The predicted molar refractivity (Wildman–Crippen MR) is 83.8 cm³/mol. The Hall–Kier alpha value is -0.0400. The molecule has 1 heterocycles. The van der Waals surface area contributed by atoms with Gasteiger partial charge >= 0.3 is 0 Å². The first kappa shape index (κ1) is 13.0. The molecule has 0 radical (unpaired) electrons. The lowest BCUT2D eigenvalue weighted by Crippen LogP contribution is -2.00. The van der Waals surface area contributed by atoms with Crippen molar-refractivity contribution in [2.45, 2.75) is 0 Å². The van der Waals surface area contributed by atoms with Crippen LogP contribution in [0.15, 0.2) is 42.2 Å². The fraction of sp³-hybridized carbons (Fsp3) is 0. The van der Waals surface area contributed by atoms with Gasteiger partial charge in [0.25, 0.3) is 0 Å². The Morgan fingerprint density at radius 1 is 0.611 bits per heavy atom. The molecule has 1 aliphatic heterocycles. The van der Waals surface area contributed by atoms with Crippen molar-refractivity contribution in [2.75, 3.05) is 0 Å². The molecule has 0 N–H and O–H groups in total. The molecule has 0 fully saturated rings. The van der Waals surface area contributed by atoms with Crippen LogP contribution in [0.25, 0.3) is 0 Å². The summed E-state index contributed by atoms with van der Waals surface area (Å²) in [4.78, 5) is 0. The van der Waals surface area contributed by atoms with Crippen LogP contribution in [0.2, 0.25) is 0 Å². The van der Waals surface area contributed by atoms with Crippen molar-refractivity contribution in [1.82, 2.24) is 0 Å². The summed E-state index contributed by atoms with van der Waals surface area (Å²) in [6, 6.07) is 7.53. The SMILES string of the molecule is Brc1ccc2c(c1Br)Oc1ccc(Br)c(Br)c1O2. The van der Waals surface area contributed by atoms with E-state index < -0.39 is 0 Å². The molecule has 92 valence electrons. The van der Waals surface area contributed by atoms with E-state index in [-0.39, 0.29) is 0 Å². The Bertz CT molecular complexity index is 598. The van der Waals surface area contributed by atoms with E-state index in [4.69, 9.17) is 9.47 Å². The summed E-state index contributed by atoms with van der Waals surface area (Å²) in [5.74, 6) is 2.70. The second-order valence-electron chi connectivity index (χ2n) is 3.58. The highest BCUT2D eigenvalue weighted by atomic mass is 79.9. The lowest BCUT2D eigenvalue weighted by atomic mass is 10.2. The van der Waals surface area contributed by atoms with Gasteiger partial charge in [-0.3, -0.25) is 0 Å². The molecule has 0 aliphatic carbocycles. The average molecular weight is 500 g/mol. The largest absolute Gasteiger partial charge is 0.448 e. The van der Waals surface area contributed by atoms with E-state index in [0.29, 0.717) is 23.0 Å². The van der Waals surface area contributed by atoms with Gasteiger partial charge in [-0.1, -0.05) is 0 Å². The van der Waals surface area contributed by atoms with Gasteiger partial charge in [0, 0.05) is 8.95 Å². The van der Waals surface area contributed by atoms with E-state index in [0.717, 1.165) is 17.9 Å². The third-order valence-electron chi connectivity index (χ3n) is 2.45. The summed E-state index contributed by atoms with van der Waals surface area (Å²) in [5, 5.41) is 0. The smallest absolute Gasteiger partial charge is 0.185 e. The first-order valence-corrected chi connectivity index (χ1v) is 8.07. The van der Waals surface area contributed by atoms with Crippen molar-refractivity contribution >= 4 is 63.7 Å². The van der Waals surface area contributed by atoms with Gasteiger partial charge in [0.05, 0.1) is 8.95 Å². The van der Waals surface area contributed by atoms with Gasteiger partial charge in [-0.2, -0.15) is 0 Å². The highest BCUT2D eigenvalue weighted by Crippen LogP contribution is 2.53. The predicted octanol–water partition coefficient (Wildman–Crippen LogP) is 6.63. The van der Waals surface area contributed by atoms with Crippen LogP contribution >= 0.6 is 63.7 Å². The van der Waals surface area contributed by atoms with Crippen LogP contribution in [0.3, 0.4) is 0 Å². The van der Waals surface area contributed by atoms with E-state index in [9.17, 15) is 0 Å². The maximum Gasteiger partial charge on any atom is 0.185 e. The van der Waals surface area contributed by atoms with Gasteiger partial charge in [-0.25, -0.2) is 0 Å². The Kier molecular flexibility index (Phi) is 3.47. The van der Waals surface area contributed by atoms with Gasteiger partial charge in [-0.05, 0) is 88.0 Å². The molecule has 0 saturated heterocycles. The molecule has 0 amide bonds. The zero-order chi connectivity index (χ0) is 12.9.